The highest BCUT2D eigenvalue weighted by atomic mass is 19.2. The normalized spacial score (nSPS) is 19.2. The van der Waals surface area contributed by atoms with Crippen LogP contribution < -0.4 is 5.73 Å². The van der Waals surface area contributed by atoms with Gasteiger partial charge in [0.05, 0.1) is 19.3 Å². The molecule has 0 bridgehead atoms. The van der Waals surface area contributed by atoms with Gasteiger partial charge in [-0.25, -0.2) is 8.78 Å². The van der Waals surface area contributed by atoms with Crippen molar-refractivity contribution in [2.75, 3.05) is 32.8 Å². The number of halogens is 2. The number of benzene rings is 1. The Bertz CT molecular complexity index is 381. The van der Waals surface area contributed by atoms with Crippen molar-refractivity contribution >= 4 is 0 Å². The summed E-state index contributed by atoms with van der Waals surface area (Å²) >= 11 is 0. The van der Waals surface area contributed by atoms with Crippen LogP contribution in [0.25, 0.3) is 0 Å². The first-order valence-corrected chi connectivity index (χ1v) is 5.70. The summed E-state index contributed by atoms with van der Waals surface area (Å²) in [5, 5.41) is 0. The van der Waals surface area contributed by atoms with E-state index in [0.717, 1.165) is 6.07 Å². The lowest BCUT2D eigenvalue weighted by molar-refractivity contribution is 0.0171. The summed E-state index contributed by atoms with van der Waals surface area (Å²) < 4.78 is 32.1. The fourth-order valence-electron chi connectivity index (χ4n) is 2.14. The average Bonchev–Trinajstić information content (AvgIpc) is 2.37. The number of hydrogen-bond acceptors (Lipinski definition) is 3. The predicted molar refractivity (Wildman–Crippen MR) is 60.5 cm³/mol. The van der Waals surface area contributed by atoms with Crippen molar-refractivity contribution in [2.24, 2.45) is 5.73 Å². The van der Waals surface area contributed by atoms with E-state index in [4.69, 9.17) is 10.5 Å². The van der Waals surface area contributed by atoms with Crippen LogP contribution in [-0.2, 0) is 4.74 Å². The largest absolute Gasteiger partial charge is 0.379 e. The zero-order valence-electron chi connectivity index (χ0n) is 9.53. The van der Waals surface area contributed by atoms with E-state index in [1.54, 1.807) is 6.07 Å². The lowest BCUT2D eigenvalue weighted by Gasteiger charge is -2.34. The molecule has 94 valence electrons. The van der Waals surface area contributed by atoms with Gasteiger partial charge in [0.15, 0.2) is 11.6 Å². The van der Waals surface area contributed by atoms with Crippen molar-refractivity contribution in [2.45, 2.75) is 6.04 Å². The lowest BCUT2D eigenvalue weighted by Crippen LogP contribution is -2.42. The quantitative estimate of drug-likeness (QED) is 0.868. The van der Waals surface area contributed by atoms with Crippen LogP contribution in [0.3, 0.4) is 0 Å². The Labute approximate surface area is 99.2 Å². The third kappa shape index (κ3) is 2.62. The van der Waals surface area contributed by atoms with E-state index in [0.29, 0.717) is 31.9 Å². The molecule has 1 heterocycles. The molecule has 2 rings (SSSR count). The van der Waals surface area contributed by atoms with E-state index in [9.17, 15) is 8.78 Å². The Kier molecular flexibility index (Phi) is 4.04. The first-order chi connectivity index (χ1) is 8.24. The monoisotopic (exact) mass is 242 g/mol. The van der Waals surface area contributed by atoms with Crippen LogP contribution >= 0.6 is 0 Å². The summed E-state index contributed by atoms with van der Waals surface area (Å²) in [6.45, 7) is 2.86. The maximum Gasteiger partial charge on any atom is 0.163 e. The molecule has 0 saturated carbocycles. The molecule has 17 heavy (non-hydrogen) atoms. The second-order valence-electron chi connectivity index (χ2n) is 4.04. The first kappa shape index (κ1) is 12.4. The molecule has 2 N–H and O–H groups in total. The standard InChI is InChI=1S/C12H16F2N2O/c13-10-3-1-2-9(12(10)14)11(8-15)16-4-6-17-7-5-16/h1-3,11H,4-8,15H2. The second kappa shape index (κ2) is 5.53. The molecule has 1 aromatic rings. The van der Waals surface area contributed by atoms with Crippen LogP contribution in [0.2, 0.25) is 0 Å². The summed E-state index contributed by atoms with van der Waals surface area (Å²) in [4.78, 5) is 2.03. The molecule has 1 aliphatic rings. The summed E-state index contributed by atoms with van der Waals surface area (Å²) in [6.07, 6.45) is 0. The van der Waals surface area contributed by atoms with Gasteiger partial charge in [-0.05, 0) is 6.07 Å². The van der Waals surface area contributed by atoms with Gasteiger partial charge < -0.3 is 10.5 Å². The van der Waals surface area contributed by atoms with E-state index < -0.39 is 11.6 Å². The average molecular weight is 242 g/mol. The number of hydrogen-bond donors (Lipinski definition) is 1. The third-order valence-electron chi connectivity index (χ3n) is 3.05. The fourth-order valence-corrected chi connectivity index (χ4v) is 2.14. The van der Waals surface area contributed by atoms with Gasteiger partial charge in [-0.1, -0.05) is 12.1 Å². The molecule has 0 aliphatic carbocycles. The molecule has 0 aromatic heterocycles. The molecule has 0 spiro atoms. The van der Waals surface area contributed by atoms with E-state index in [1.165, 1.54) is 6.07 Å². The van der Waals surface area contributed by atoms with E-state index in [2.05, 4.69) is 0 Å². The lowest BCUT2D eigenvalue weighted by atomic mass is 10.0. The molecule has 0 radical (unpaired) electrons. The van der Waals surface area contributed by atoms with Crippen LogP contribution in [-0.4, -0.2) is 37.7 Å². The minimum absolute atomic E-state index is 0.264. The minimum Gasteiger partial charge on any atom is -0.379 e. The summed E-state index contributed by atoms with van der Waals surface area (Å²) in [7, 11) is 0. The van der Waals surface area contributed by atoms with Crippen molar-refractivity contribution < 1.29 is 13.5 Å². The van der Waals surface area contributed by atoms with Crippen molar-refractivity contribution in [3.8, 4) is 0 Å². The van der Waals surface area contributed by atoms with E-state index >= 15 is 0 Å². The van der Waals surface area contributed by atoms with Crippen LogP contribution in [0.5, 0.6) is 0 Å². The van der Waals surface area contributed by atoms with Gasteiger partial charge in [0.2, 0.25) is 0 Å². The zero-order valence-corrected chi connectivity index (χ0v) is 9.53. The highest BCUT2D eigenvalue weighted by Gasteiger charge is 2.24. The summed E-state index contributed by atoms with van der Waals surface area (Å²) in [5.41, 5.74) is 6.01. The molecule has 1 fully saturated rings. The molecular formula is C12H16F2N2O. The maximum atomic E-state index is 13.7. The highest BCUT2D eigenvalue weighted by Crippen LogP contribution is 2.24. The molecule has 3 nitrogen and oxygen atoms in total. The van der Waals surface area contributed by atoms with Gasteiger partial charge in [0, 0.05) is 25.2 Å². The van der Waals surface area contributed by atoms with Crippen molar-refractivity contribution in [3.05, 3.63) is 35.4 Å². The number of ether oxygens (including phenoxy) is 1. The fraction of sp³-hybridized carbons (Fsp3) is 0.500. The van der Waals surface area contributed by atoms with Gasteiger partial charge in [-0.2, -0.15) is 0 Å². The molecule has 5 heteroatoms. The Hall–Kier alpha value is -1.04. The molecule has 1 saturated heterocycles. The maximum absolute atomic E-state index is 13.7. The SMILES string of the molecule is NCC(c1cccc(F)c1F)N1CCOCC1. The topological polar surface area (TPSA) is 38.5 Å². The first-order valence-electron chi connectivity index (χ1n) is 5.70. The zero-order chi connectivity index (χ0) is 12.3. The van der Waals surface area contributed by atoms with Crippen LogP contribution in [0.15, 0.2) is 18.2 Å². The van der Waals surface area contributed by atoms with Gasteiger partial charge in [0.1, 0.15) is 0 Å². The number of nitrogens with two attached hydrogens (primary N) is 1. The number of morpholine rings is 1. The molecule has 1 aliphatic heterocycles. The summed E-state index contributed by atoms with van der Waals surface area (Å²) in [6, 6.07) is 3.93. The Morgan fingerprint density at radius 3 is 2.65 bits per heavy atom. The van der Waals surface area contributed by atoms with Gasteiger partial charge >= 0.3 is 0 Å². The van der Waals surface area contributed by atoms with Gasteiger partial charge in [-0.3, -0.25) is 4.90 Å². The molecule has 1 unspecified atom stereocenters. The van der Waals surface area contributed by atoms with Crippen molar-refractivity contribution in [3.63, 3.8) is 0 Å². The van der Waals surface area contributed by atoms with Crippen molar-refractivity contribution in [1.82, 2.24) is 4.90 Å². The van der Waals surface area contributed by atoms with Crippen LogP contribution in [0.1, 0.15) is 11.6 Å². The third-order valence-corrected chi connectivity index (χ3v) is 3.05. The molecule has 0 amide bonds. The second-order valence-corrected chi connectivity index (χ2v) is 4.04. The molecule has 1 aromatic carbocycles. The smallest absolute Gasteiger partial charge is 0.163 e. The van der Waals surface area contributed by atoms with Gasteiger partial charge in [-0.15, -0.1) is 0 Å². The van der Waals surface area contributed by atoms with Crippen LogP contribution in [0.4, 0.5) is 8.78 Å². The molecular weight excluding hydrogens is 226 g/mol. The Morgan fingerprint density at radius 1 is 1.29 bits per heavy atom. The Morgan fingerprint density at radius 2 is 2.00 bits per heavy atom. The Balaban J connectivity index is 2.24. The predicted octanol–water partition coefficient (Wildman–Crippen LogP) is 1.30. The highest BCUT2D eigenvalue weighted by molar-refractivity contribution is 5.23. The van der Waals surface area contributed by atoms with Gasteiger partial charge in [0.25, 0.3) is 0 Å². The summed E-state index contributed by atoms with van der Waals surface area (Å²) in [5.74, 6) is -1.62. The van der Waals surface area contributed by atoms with Crippen LogP contribution in [0, 0.1) is 11.6 Å². The minimum atomic E-state index is -0.825. The van der Waals surface area contributed by atoms with Crippen molar-refractivity contribution in [1.29, 1.82) is 0 Å². The molecule has 1 atom stereocenters. The van der Waals surface area contributed by atoms with E-state index in [-0.39, 0.29) is 12.6 Å². The number of rotatable bonds is 3. The number of nitrogens with zero attached hydrogens (tertiary/aromatic N) is 1. The van der Waals surface area contributed by atoms with E-state index in [1.807, 2.05) is 4.90 Å².